The van der Waals surface area contributed by atoms with Crippen LogP contribution in [0.15, 0.2) is 58.9 Å². The molecule has 1 aromatic carbocycles. The number of nitrogens with zero attached hydrogens (tertiary/aromatic N) is 1. The summed E-state index contributed by atoms with van der Waals surface area (Å²) in [6.07, 6.45) is 2.78. The number of carbonyl (C=O) groups excluding carboxylic acids is 2. The van der Waals surface area contributed by atoms with Gasteiger partial charge in [0.2, 0.25) is 0 Å². The van der Waals surface area contributed by atoms with E-state index in [0.717, 1.165) is 4.90 Å². The zero-order chi connectivity index (χ0) is 15.5. The molecule has 3 rings (SSSR count). The average Bonchev–Trinajstić information content (AvgIpc) is 3.12. The number of furan rings is 1. The van der Waals surface area contributed by atoms with Crippen molar-refractivity contribution in [3.05, 3.63) is 60.2 Å². The number of amides is 2. The highest BCUT2D eigenvalue weighted by Crippen LogP contribution is 2.26. The third-order valence-corrected chi connectivity index (χ3v) is 3.28. The van der Waals surface area contributed by atoms with Crippen LogP contribution in [0.4, 0.5) is 5.69 Å². The lowest BCUT2D eigenvalue weighted by atomic mass is 10.2. The van der Waals surface area contributed by atoms with Gasteiger partial charge in [-0.3, -0.25) is 14.5 Å². The minimum atomic E-state index is -0.396. The highest BCUT2D eigenvalue weighted by Gasteiger charge is 2.32. The molecule has 2 heterocycles. The molecule has 22 heavy (non-hydrogen) atoms. The summed E-state index contributed by atoms with van der Waals surface area (Å²) in [6, 6.07) is 10.6. The fourth-order valence-corrected chi connectivity index (χ4v) is 2.20. The van der Waals surface area contributed by atoms with E-state index in [1.54, 1.807) is 31.4 Å². The van der Waals surface area contributed by atoms with Gasteiger partial charge < -0.3 is 14.5 Å². The summed E-state index contributed by atoms with van der Waals surface area (Å²) in [6.45, 7) is 0.109. The molecule has 2 aromatic rings. The zero-order valence-corrected chi connectivity index (χ0v) is 11.9. The number of rotatable bonds is 5. The topological polar surface area (TPSA) is 71.8 Å². The molecule has 0 radical (unpaired) electrons. The predicted molar refractivity (Wildman–Crippen MR) is 79.0 cm³/mol. The maximum Gasteiger partial charge on any atom is 0.277 e. The van der Waals surface area contributed by atoms with Crippen LogP contribution < -0.4 is 10.1 Å². The molecule has 0 fully saturated rings. The van der Waals surface area contributed by atoms with E-state index in [-0.39, 0.29) is 18.1 Å². The molecule has 0 bridgehead atoms. The summed E-state index contributed by atoms with van der Waals surface area (Å²) in [4.78, 5) is 25.4. The molecule has 0 saturated carbocycles. The summed E-state index contributed by atoms with van der Waals surface area (Å²) in [5.41, 5.74) is 0.832. The second-order valence-corrected chi connectivity index (χ2v) is 4.69. The van der Waals surface area contributed by atoms with Gasteiger partial charge in [0, 0.05) is 6.08 Å². The van der Waals surface area contributed by atoms with Crippen molar-refractivity contribution in [2.45, 2.75) is 6.54 Å². The Balaban J connectivity index is 1.77. The van der Waals surface area contributed by atoms with Crippen LogP contribution in [0.1, 0.15) is 5.76 Å². The fourth-order valence-electron chi connectivity index (χ4n) is 2.20. The van der Waals surface area contributed by atoms with E-state index < -0.39 is 5.91 Å². The molecule has 0 saturated heterocycles. The Bertz CT molecular complexity index is 734. The molecule has 0 aliphatic carbocycles. The van der Waals surface area contributed by atoms with Gasteiger partial charge in [0.1, 0.15) is 17.2 Å². The molecular formula is C16H14N2O4. The molecule has 0 unspecified atom stereocenters. The van der Waals surface area contributed by atoms with Gasteiger partial charge in [0.15, 0.2) is 0 Å². The first-order valence-corrected chi connectivity index (χ1v) is 6.69. The molecule has 6 heteroatoms. The molecule has 0 spiro atoms. The van der Waals surface area contributed by atoms with Crippen LogP contribution >= 0.6 is 0 Å². The molecule has 112 valence electrons. The Kier molecular flexibility index (Phi) is 3.65. The Labute approximate surface area is 127 Å². The average molecular weight is 298 g/mol. The highest BCUT2D eigenvalue weighted by atomic mass is 16.5. The van der Waals surface area contributed by atoms with Gasteiger partial charge in [-0.15, -0.1) is 0 Å². The van der Waals surface area contributed by atoms with Crippen molar-refractivity contribution in [3.8, 4) is 5.75 Å². The number of anilines is 1. The van der Waals surface area contributed by atoms with Gasteiger partial charge in [0.25, 0.3) is 11.8 Å². The largest absolute Gasteiger partial charge is 0.495 e. The molecular weight excluding hydrogens is 284 g/mol. The molecule has 6 nitrogen and oxygen atoms in total. The minimum Gasteiger partial charge on any atom is -0.495 e. The number of carbonyl (C=O) groups is 2. The number of imide groups is 1. The molecule has 0 atom stereocenters. The van der Waals surface area contributed by atoms with Crippen molar-refractivity contribution >= 4 is 17.5 Å². The molecule has 1 N–H and O–H groups in total. The van der Waals surface area contributed by atoms with Crippen molar-refractivity contribution < 1.29 is 18.7 Å². The van der Waals surface area contributed by atoms with Crippen molar-refractivity contribution in [3.63, 3.8) is 0 Å². The van der Waals surface area contributed by atoms with Crippen LogP contribution in [-0.4, -0.2) is 23.8 Å². The second-order valence-electron chi connectivity index (χ2n) is 4.69. The molecule has 1 aliphatic rings. The van der Waals surface area contributed by atoms with Gasteiger partial charge in [-0.05, 0) is 24.3 Å². The smallest absolute Gasteiger partial charge is 0.277 e. The Morgan fingerprint density at radius 2 is 2.00 bits per heavy atom. The summed E-state index contributed by atoms with van der Waals surface area (Å²) < 4.78 is 10.4. The molecule has 1 aromatic heterocycles. The number of ether oxygens (including phenoxy) is 1. The Hall–Kier alpha value is -3.02. The predicted octanol–water partition coefficient (Wildman–Crippen LogP) is 2.15. The summed E-state index contributed by atoms with van der Waals surface area (Å²) >= 11 is 0. The van der Waals surface area contributed by atoms with Crippen LogP contribution in [0, 0.1) is 0 Å². The van der Waals surface area contributed by atoms with Gasteiger partial charge in [0.05, 0.1) is 25.6 Å². The summed E-state index contributed by atoms with van der Waals surface area (Å²) in [5, 5.41) is 2.94. The van der Waals surface area contributed by atoms with Crippen LogP contribution in [0.5, 0.6) is 5.75 Å². The molecule has 2 amide bonds. The third-order valence-electron chi connectivity index (χ3n) is 3.28. The van der Waals surface area contributed by atoms with Crippen molar-refractivity contribution in [2.24, 2.45) is 0 Å². The maximum atomic E-state index is 12.3. The van der Waals surface area contributed by atoms with Crippen LogP contribution in [-0.2, 0) is 16.1 Å². The van der Waals surface area contributed by atoms with E-state index in [0.29, 0.717) is 17.2 Å². The number of hydrogen-bond acceptors (Lipinski definition) is 5. The Morgan fingerprint density at radius 1 is 1.18 bits per heavy atom. The summed E-state index contributed by atoms with van der Waals surface area (Å²) in [5.74, 6) is 0.368. The van der Waals surface area contributed by atoms with Gasteiger partial charge in [-0.25, -0.2) is 0 Å². The lowest BCUT2D eigenvalue weighted by Crippen LogP contribution is -2.31. The maximum absolute atomic E-state index is 12.3. The first kappa shape index (κ1) is 13.9. The van der Waals surface area contributed by atoms with Gasteiger partial charge in [-0.1, -0.05) is 12.1 Å². The Morgan fingerprint density at radius 3 is 2.73 bits per heavy atom. The number of benzene rings is 1. The van der Waals surface area contributed by atoms with Gasteiger partial charge in [-0.2, -0.15) is 0 Å². The summed E-state index contributed by atoms with van der Waals surface area (Å²) in [7, 11) is 1.54. The van der Waals surface area contributed by atoms with E-state index in [2.05, 4.69) is 5.32 Å². The van der Waals surface area contributed by atoms with E-state index in [1.807, 2.05) is 12.1 Å². The van der Waals surface area contributed by atoms with Crippen LogP contribution in [0.2, 0.25) is 0 Å². The van der Waals surface area contributed by atoms with E-state index >= 15 is 0 Å². The number of nitrogens with one attached hydrogen (secondary N) is 1. The minimum absolute atomic E-state index is 0.109. The van der Waals surface area contributed by atoms with E-state index in [4.69, 9.17) is 9.15 Å². The van der Waals surface area contributed by atoms with E-state index in [1.165, 1.54) is 12.3 Å². The number of hydrogen-bond donors (Lipinski definition) is 1. The SMILES string of the molecule is COc1ccccc1NC1=CC(=O)N(Cc2ccco2)C1=O. The van der Waals surface area contributed by atoms with E-state index in [9.17, 15) is 9.59 Å². The van der Waals surface area contributed by atoms with Crippen molar-refractivity contribution in [2.75, 3.05) is 12.4 Å². The second kappa shape index (κ2) is 5.77. The fraction of sp³-hybridized carbons (Fsp3) is 0.125. The highest BCUT2D eigenvalue weighted by molar-refractivity contribution is 6.17. The van der Waals surface area contributed by atoms with Crippen molar-refractivity contribution in [1.82, 2.24) is 4.90 Å². The standard InChI is InChI=1S/C16H14N2O4/c1-21-14-7-3-2-6-12(14)17-13-9-15(19)18(16(13)20)10-11-5-4-8-22-11/h2-9,17H,10H2,1H3. The third kappa shape index (κ3) is 2.58. The normalized spacial score (nSPS) is 14.2. The van der Waals surface area contributed by atoms with Crippen LogP contribution in [0.3, 0.4) is 0 Å². The number of methoxy groups -OCH3 is 1. The monoisotopic (exact) mass is 298 g/mol. The lowest BCUT2D eigenvalue weighted by molar-refractivity contribution is -0.138. The quantitative estimate of drug-likeness (QED) is 0.856. The van der Waals surface area contributed by atoms with Crippen molar-refractivity contribution in [1.29, 1.82) is 0 Å². The first-order chi connectivity index (χ1) is 10.7. The molecule has 1 aliphatic heterocycles. The zero-order valence-electron chi connectivity index (χ0n) is 11.9. The lowest BCUT2D eigenvalue weighted by Gasteiger charge is -2.14. The number of para-hydroxylation sites is 2. The first-order valence-electron chi connectivity index (χ1n) is 6.69. The van der Waals surface area contributed by atoms with Gasteiger partial charge >= 0.3 is 0 Å². The van der Waals surface area contributed by atoms with Crippen LogP contribution in [0.25, 0.3) is 0 Å².